The van der Waals surface area contributed by atoms with Gasteiger partial charge in [0, 0.05) is 70.8 Å². The van der Waals surface area contributed by atoms with Crippen LogP contribution in [-0.4, -0.2) is 73.1 Å². The van der Waals surface area contributed by atoms with Crippen molar-refractivity contribution in [1.29, 1.82) is 0 Å². The minimum Gasteiger partial charge on any atom is -0.383 e. The Morgan fingerprint density at radius 3 is 2.54 bits per heavy atom. The number of ether oxygens (including phenoxy) is 1. The van der Waals surface area contributed by atoms with Gasteiger partial charge in [0.05, 0.1) is 17.3 Å². The highest BCUT2D eigenvalue weighted by atomic mass is 35.5. The third-order valence-corrected chi connectivity index (χ3v) is 7.33. The number of rotatable bonds is 10. The third-order valence-electron chi connectivity index (χ3n) is 6.20. The van der Waals surface area contributed by atoms with Gasteiger partial charge in [-0.3, -0.25) is 4.79 Å². The summed E-state index contributed by atoms with van der Waals surface area (Å²) in [6, 6.07) is 16.3. The Morgan fingerprint density at radius 2 is 1.83 bits per heavy atom. The van der Waals surface area contributed by atoms with Gasteiger partial charge < -0.3 is 19.4 Å². The van der Waals surface area contributed by atoms with E-state index in [0.29, 0.717) is 45.6 Å². The molecule has 1 saturated heterocycles. The molecule has 9 heteroatoms. The maximum Gasteiger partial charge on any atom is 0.224 e. The second-order valence-electron chi connectivity index (χ2n) is 8.70. The predicted molar refractivity (Wildman–Crippen MR) is 143 cm³/mol. The van der Waals surface area contributed by atoms with E-state index >= 15 is 0 Å². The fourth-order valence-electron chi connectivity index (χ4n) is 4.13. The Kier molecular flexibility index (Phi) is 8.95. The molecule has 0 unspecified atom stereocenters. The van der Waals surface area contributed by atoms with E-state index in [9.17, 15) is 4.79 Å². The van der Waals surface area contributed by atoms with E-state index < -0.39 is 0 Å². The third kappa shape index (κ3) is 6.93. The van der Waals surface area contributed by atoms with Crippen molar-refractivity contribution in [3.63, 3.8) is 0 Å². The highest BCUT2D eigenvalue weighted by Gasteiger charge is 2.23. The summed E-state index contributed by atoms with van der Waals surface area (Å²) in [5.41, 5.74) is 3.46. The summed E-state index contributed by atoms with van der Waals surface area (Å²) in [5, 5.41) is 1.58. The molecule has 0 saturated carbocycles. The largest absolute Gasteiger partial charge is 0.383 e. The van der Waals surface area contributed by atoms with Gasteiger partial charge in [0.15, 0.2) is 0 Å². The molecule has 3 aromatic rings. The summed E-state index contributed by atoms with van der Waals surface area (Å²) < 4.78 is 9.86. The first-order valence-corrected chi connectivity index (χ1v) is 13.1. The molecule has 4 rings (SSSR count). The molecule has 1 fully saturated rings. The fraction of sp³-hybridized carbons (Fsp3) is 0.423. The Labute approximate surface area is 216 Å². The van der Waals surface area contributed by atoms with Gasteiger partial charge in [0.1, 0.15) is 5.82 Å². The van der Waals surface area contributed by atoms with Crippen LogP contribution in [0.5, 0.6) is 0 Å². The van der Waals surface area contributed by atoms with Crippen LogP contribution in [0.25, 0.3) is 0 Å². The number of carbonyl (C=O) groups excluding carboxylic acids is 1. The van der Waals surface area contributed by atoms with Crippen LogP contribution in [0.1, 0.15) is 23.4 Å². The molecule has 2 heterocycles. The van der Waals surface area contributed by atoms with E-state index in [4.69, 9.17) is 21.3 Å². The van der Waals surface area contributed by atoms with E-state index in [-0.39, 0.29) is 5.91 Å². The number of carbonyl (C=O) groups is 1. The second kappa shape index (κ2) is 12.3. The van der Waals surface area contributed by atoms with Gasteiger partial charge in [-0.1, -0.05) is 53.6 Å². The van der Waals surface area contributed by atoms with E-state index in [0.717, 1.165) is 34.8 Å². The van der Waals surface area contributed by atoms with Crippen LogP contribution in [0, 0.1) is 6.92 Å². The monoisotopic (exact) mass is 513 g/mol. The molecule has 7 nitrogen and oxygen atoms in total. The molecule has 1 amide bonds. The maximum atomic E-state index is 13.0. The summed E-state index contributed by atoms with van der Waals surface area (Å²) in [6.45, 7) is 6.86. The summed E-state index contributed by atoms with van der Waals surface area (Å²) in [6.07, 6.45) is 1.13. The molecule has 0 atom stereocenters. The van der Waals surface area contributed by atoms with Gasteiger partial charge in [-0.05, 0) is 24.6 Å². The Balaban J connectivity index is 1.31. The molecular formula is C26H32ClN5O2S. The number of halogens is 1. The number of para-hydroxylation sites is 1. The number of methoxy groups -OCH3 is 1. The van der Waals surface area contributed by atoms with E-state index in [1.807, 2.05) is 29.2 Å². The van der Waals surface area contributed by atoms with E-state index in [2.05, 4.69) is 45.4 Å². The van der Waals surface area contributed by atoms with Crippen molar-refractivity contribution in [3.8, 4) is 0 Å². The normalized spacial score (nSPS) is 13.8. The maximum absolute atomic E-state index is 13.0. The lowest BCUT2D eigenvalue weighted by molar-refractivity contribution is -0.131. The van der Waals surface area contributed by atoms with Crippen molar-refractivity contribution < 1.29 is 9.53 Å². The molecule has 1 aromatic heterocycles. The zero-order valence-electron chi connectivity index (χ0n) is 20.3. The molecule has 1 aliphatic heterocycles. The number of hydrogen-bond acceptors (Lipinski definition) is 7. The van der Waals surface area contributed by atoms with Crippen LogP contribution < -0.4 is 9.80 Å². The van der Waals surface area contributed by atoms with Crippen LogP contribution >= 0.6 is 23.1 Å². The topological polar surface area (TPSA) is 61.8 Å². The van der Waals surface area contributed by atoms with Gasteiger partial charge in [-0.15, -0.1) is 0 Å². The summed E-state index contributed by atoms with van der Waals surface area (Å²) in [7, 11) is 1.69. The van der Waals surface area contributed by atoms with Crippen molar-refractivity contribution in [1.82, 2.24) is 14.3 Å². The number of anilines is 2. The van der Waals surface area contributed by atoms with Gasteiger partial charge in [-0.2, -0.15) is 4.37 Å². The van der Waals surface area contributed by atoms with Gasteiger partial charge in [0.25, 0.3) is 0 Å². The molecule has 0 bridgehead atoms. The molecule has 1 aliphatic rings. The number of piperazine rings is 1. The fourth-order valence-corrected chi connectivity index (χ4v) is 5.12. The molecule has 2 aromatic carbocycles. The SMILES string of the molecule is COCCN(CCC(=O)N1CCN(c2ccccc2Cl)CC1)c1nc(Cc2ccc(C)cc2)ns1. The highest BCUT2D eigenvalue weighted by Crippen LogP contribution is 2.26. The zero-order chi connectivity index (χ0) is 24.6. The van der Waals surface area contributed by atoms with Crippen LogP contribution in [0.3, 0.4) is 0 Å². The predicted octanol–water partition coefficient (Wildman–Crippen LogP) is 4.28. The van der Waals surface area contributed by atoms with Crippen molar-refractivity contribution >= 4 is 39.9 Å². The zero-order valence-corrected chi connectivity index (χ0v) is 21.9. The van der Waals surface area contributed by atoms with Gasteiger partial charge in [0.2, 0.25) is 11.0 Å². The minimum absolute atomic E-state index is 0.163. The Hall–Kier alpha value is -2.68. The van der Waals surface area contributed by atoms with Crippen molar-refractivity contribution in [3.05, 3.63) is 70.5 Å². The number of aromatic nitrogens is 2. The average Bonchev–Trinajstić information content (AvgIpc) is 3.34. The number of nitrogens with zero attached hydrogens (tertiary/aromatic N) is 5. The first kappa shape index (κ1) is 25.4. The number of hydrogen-bond donors (Lipinski definition) is 0. The number of amides is 1. The Morgan fingerprint density at radius 1 is 1.09 bits per heavy atom. The lowest BCUT2D eigenvalue weighted by Gasteiger charge is -2.36. The van der Waals surface area contributed by atoms with E-state index in [1.54, 1.807) is 7.11 Å². The van der Waals surface area contributed by atoms with Crippen LogP contribution in [0.4, 0.5) is 10.8 Å². The molecule has 0 spiro atoms. The molecule has 0 N–H and O–H groups in total. The molecule has 186 valence electrons. The average molecular weight is 514 g/mol. The van der Waals surface area contributed by atoms with Crippen LogP contribution in [0.15, 0.2) is 48.5 Å². The smallest absolute Gasteiger partial charge is 0.224 e. The molecule has 0 aliphatic carbocycles. The van der Waals surface area contributed by atoms with Gasteiger partial charge >= 0.3 is 0 Å². The summed E-state index contributed by atoms with van der Waals surface area (Å²) >= 11 is 7.73. The lowest BCUT2D eigenvalue weighted by Crippen LogP contribution is -2.49. The first-order valence-electron chi connectivity index (χ1n) is 11.9. The van der Waals surface area contributed by atoms with Crippen molar-refractivity contribution in [2.45, 2.75) is 19.8 Å². The van der Waals surface area contributed by atoms with Crippen molar-refractivity contribution in [2.24, 2.45) is 0 Å². The molecule has 0 radical (unpaired) electrons. The number of benzene rings is 2. The summed E-state index contributed by atoms with van der Waals surface area (Å²) in [5.74, 6) is 0.967. The van der Waals surface area contributed by atoms with E-state index in [1.165, 1.54) is 22.7 Å². The van der Waals surface area contributed by atoms with Gasteiger partial charge in [-0.25, -0.2) is 4.98 Å². The Bertz CT molecular complexity index is 1100. The highest BCUT2D eigenvalue weighted by molar-refractivity contribution is 7.09. The van der Waals surface area contributed by atoms with Crippen LogP contribution in [0.2, 0.25) is 5.02 Å². The van der Waals surface area contributed by atoms with Crippen molar-refractivity contribution in [2.75, 3.05) is 62.8 Å². The molecular weight excluding hydrogens is 482 g/mol. The lowest BCUT2D eigenvalue weighted by atomic mass is 10.1. The quantitative estimate of drug-likeness (QED) is 0.403. The van der Waals surface area contributed by atoms with Crippen LogP contribution in [-0.2, 0) is 16.0 Å². The minimum atomic E-state index is 0.163. The summed E-state index contributed by atoms with van der Waals surface area (Å²) in [4.78, 5) is 24.0. The first-order chi connectivity index (χ1) is 17.0. The molecule has 35 heavy (non-hydrogen) atoms. The number of aryl methyl sites for hydroxylation is 1. The standard InChI is InChI=1S/C26H32ClN5O2S/c1-20-7-9-21(10-8-20)19-24-28-26(35-29-24)32(17-18-34-2)12-11-25(33)31-15-13-30(14-16-31)23-6-4-3-5-22(23)27/h3-10H,11-19H2,1-2H3. The second-order valence-corrected chi connectivity index (χ2v) is 9.84.